The molecule has 3 rings (SSSR count). The summed E-state index contributed by atoms with van der Waals surface area (Å²) in [6.45, 7) is 8.45. The van der Waals surface area contributed by atoms with Gasteiger partial charge < -0.3 is 4.74 Å². The molecule has 4 nitrogen and oxygen atoms in total. The van der Waals surface area contributed by atoms with Crippen LogP contribution in [0.5, 0.6) is 5.75 Å². The standard InChI is InChI=1S/C21H21Cl2N3OS/c1-4-10-26-20(15(3)27-19-12-17(22)8-9-18(19)23)24-25-21(26)28-13-16-7-5-6-14(2)11-16/h4-9,11-12,15H,1,10,13H2,2-3H3. The molecular formula is C21H21Cl2N3OS. The molecule has 0 saturated heterocycles. The zero-order valence-corrected chi connectivity index (χ0v) is 18.1. The lowest BCUT2D eigenvalue weighted by Gasteiger charge is -2.16. The van der Waals surface area contributed by atoms with Crippen molar-refractivity contribution >= 4 is 35.0 Å². The van der Waals surface area contributed by atoms with Crippen molar-refractivity contribution in [3.63, 3.8) is 0 Å². The number of ether oxygens (including phenoxy) is 1. The Bertz CT molecular complexity index is 974. The molecule has 2 aromatic carbocycles. The van der Waals surface area contributed by atoms with Crippen LogP contribution in [-0.2, 0) is 12.3 Å². The van der Waals surface area contributed by atoms with Crippen molar-refractivity contribution in [2.45, 2.75) is 37.4 Å². The third-order valence-corrected chi connectivity index (χ3v) is 5.65. The van der Waals surface area contributed by atoms with Crippen LogP contribution in [0.4, 0.5) is 0 Å². The van der Waals surface area contributed by atoms with Gasteiger partial charge in [0.05, 0.1) is 5.02 Å². The maximum absolute atomic E-state index is 6.22. The molecule has 0 aliphatic carbocycles. The monoisotopic (exact) mass is 433 g/mol. The summed E-state index contributed by atoms with van der Waals surface area (Å²) < 4.78 is 8.02. The van der Waals surface area contributed by atoms with Gasteiger partial charge in [0.25, 0.3) is 0 Å². The summed E-state index contributed by atoms with van der Waals surface area (Å²) in [6, 6.07) is 13.6. The van der Waals surface area contributed by atoms with Crippen molar-refractivity contribution in [3.8, 4) is 5.75 Å². The summed E-state index contributed by atoms with van der Waals surface area (Å²) in [5.41, 5.74) is 2.49. The topological polar surface area (TPSA) is 39.9 Å². The number of allylic oxidation sites excluding steroid dienone is 1. The fraction of sp³-hybridized carbons (Fsp3) is 0.238. The van der Waals surface area contributed by atoms with E-state index in [1.807, 2.05) is 17.6 Å². The molecule has 0 spiro atoms. The molecule has 0 aliphatic heterocycles. The molecule has 146 valence electrons. The van der Waals surface area contributed by atoms with Gasteiger partial charge in [-0.15, -0.1) is 16.8 Å². The highest BCUT2D eigenvalue weighted by Crippen LogP contribution is 2.32. The number of thioether (sulfide) groups is 1. The highest BCUT2D eigenvalue weighted by Gasteiger charge is 2.20. The quantitative estimate of drug-likeness (QED) is 0.299. The van der Waals surface area contributed by atoms with Crippen LogP contribution in [0.25, 0.3) is 0 Å². The van der Waals surface area contributed by atoms with Gasteiger partial charge in [-0.25, -0.2) is 0 Å². The van der Waals surface area contributed by atoms with Crippen molar-refractivity contribution in [3.05, 3.63) is 82.1 Å². The fourth-order valence-electron chi connectivity index (χ4n) is 2.77. The van der Waals surface area contributed by atoms with E-state index in [4.69, 9.17) is 27.9 Å². The molecule has 1 heterocycles. The molecule has 0 amide bonds. The second-order valence-corrected chi connectivity index (χ2v) is 8.14. The molecule has 3 aromatic rings. The fourth-order valence-corrected chi connectivity index (χ4v) is 3.99. The van der Waals surface area contributed by atoms with Gasteiger partial charge in [-0.05, 0) is 31.5 Å². The zero-order chi connectivity index (χ0) is 20.1. The molecule has 0 bridgehead atoms. The number of hydrogen-bond donors (Lipinski definition) is 0. The number of nitrogens with zero attached hydrogens (tertiary/aromatic N) is 3. The third kappa shape index (κ3) is 5.10. The maximum Gasteiger partial charge on any atom is 0.191 e. The first kappa shape index (κ1) is 20.8. The Morgan fingerprint density at radius 2 is 2.04 bits per heavy atom. The van der Waals surface area contributed by atoms with Gasteiger partial charge in [0.2, 0.25) is 0 Å². The first-order valence-electron chi connectivity index (χ1n) is 8.82. The lowest BCUT2D eigenvalue weighted by molar-refractivity contribution is 0.210. The van der Waals surface area contributed by atoms with Crippen molar-refractivity contribution in [2.24, 2.45) is 0 Å². The average Bonchev–Trinajstić information content (AvgIpc) is 3.06. The predicted octanol–water partition coefficient (Wildman–Crippen LogP) is 6.51. The number of aromatic nitrogens is 3. The van der Waals surface area contributed by atoms with Crippen molar-refractivity contribution in [1.82, 2.24) is 14.8 Å². The summed E-state index contributed by atoms with van der Waals surface area (Å²) in [6.07, 6.45) is 1.47. The lowest BCUT2D eigenvalue weighted by atomic mass is 10.2. The van der Waals surface area contributed by atoms with Gasteiger partial charge in [-0.3, -0.25) is 4.57 Å². The number of aryl methyl sites for hydroxylation is 1. The largest absolute Gasteiger partial charge is 0.481 e. The molecule has 1 unspecified atom stereocenters. The Kier molecular flexibility index (Phi) is 7.05. The first-order chi connectivity index (χ1) is 13.5. The smallest absolute Gasteiger partial charge is 0.191 e. The minimum absolute atomic E-state index is 0.350. The molecule has 0 N–H and O–H groups in total. The van der Waals surface area contributed by atoms with E-state index >= 15 is 0 Å². The van der Waals surface area contributed by atoms with Gasteiger partial charge in [0.1, 0.15) is 5.75 Å². The van der Waals surface area contributed by atoms with Crippen LogP contribution in [0.1, 0.15) is 30.0 Å². The Labute approximate surface area is 179 Å². The number of hydrogen-bond acceptors (Lipinski definition) is 4. The van der Waals surface area contributed by atoms with Crippen LogP contribution >= 0.6 is 35.0 Å². The van der Waals surface area contributed by atoms with E-state index in [-0.39, 0.29) is 6.10 Å². The Balaban J connectivity index is 1.79. The van der Waals surface area contributed by atoms with E-state index in [0.717, 1.165) is 10.9 Å². The molecule has 28 heavy (non-hydrogen) atoms. The van der Waals surface area contributed by atoms with Crippen LogP contribution in [0.3, 0.4) is 0 Å². The summed E-state index contributed by atoms with van der Waals surface area (Å²) >= 11 is 13.9. The second kappa shape index (κ2) is 9.50. The summed E-state index contributed by atoms with van der Waals surface area (Å²) in [5.74, 6) is 2.04. The third-order valence-electron chi connectivity index (χ3n) is 4.07. The van der Waals surface area contributed by atoms with E-state index in [9.17, 15) is 0 Å². The molecule has 0 aliphatic rings. The molecule has 0 radical (unpaired) electrons. The number of rotatable bonds is 8. The van der Waals surface area contributed by atoms with Crippen LogP contribution < -0.4 is 4.74 Å². The summed E-state index contributed by atoms with van der Waals surface area (Å²) in [4.78, 5) is 0. The highest BCUT2D eigenvalue weighted by molar-refractivity contribution is 7.98. The molecule has 7 heteroatoms. The minimum Gasteiger partial charge on any atom is -0.481 e. The Morgan fingerprint density at radius 3 is 2.79 bits per heavy atom. The highest BCUT2D eigenvalue weighted by atomic mass is 35.5. The normalized spacial score (nSPS) is 12.0. The second-order valence-electron chi connectivity index (χ2n) is 6.35. The SMILES string of the molecule is C=CCn1c(SCc2cccc(C)c2)nnc1C(C)Oc1cc(Cl)ccc1Cl. The van der Waals surface area contributed by atoms with E-state index < -0.39 is 0 Å². The predicted molar refractivity (Wildman–Crippen MR) is 116 cm³/mol. The van der Waals surface area contributed by atoms with E-state index in [1.54, 1.807) is 30.0 Å². The van der Waals surface area contributed by atoms with Crippen LogP contribution in [0.15, 0.2) is 60.3 Å². The summed E-state index contributed by atoms with van der Waals surface area (Å²) in [5, 5.41) is 10.6. The van der Waals surface area contributed by atoms with E-state index in [0.29, 0.717) is 28.2 Å². The van der Waals surface area contributed by atoms with Gasteiger partial charge >= 0.3 is 0 Å². The average molecular weight is 434 g/mol. The number of benzene rings is 2. The van der Waals surface area contributed by atoms with E-state index in [2.05, 4.69) is 48.0 Å². The molecule has 1 aromatic heterocycles. The molecule has 1 atom stereocenters. The van der Waals surface area contributed by atoms with Gasteiger partial charge in [-0.2, -0.15) is 0 Å². The maximum atomic E-state index is 6.22. The van der Waals surface area contributed by atoms with Crippen molar-refractivity contribution in [1.29, 1.82) is 0 Å². The number of halogens is 2. The Hall–Kier alpha value is -1.95. The first-order valence-corrected chi connectivity index (χ1v) is 10.6. The van der Waals surface area contributed by atoms with Crippen LogP contribution in [-0.4, -0.2) is 14.8 Å². The Morgan fingerprint density at radius 1 is 1.21 bits per heavy atom. The molecule has 0 fully saturated rings. The van der Waals surface area contributed by atoms with Gasteiger partial charge in [0.15, 0.2) is 17.1 Å². The van der Waals surface area contributed by atoms with Gasteiger partial charge in [-0.1, -0.05) is 70.9 Å². The van der Waals surface area contributed by atoms with Crippen LogP contribution in [0, 0.1) is 6.92 Å². The molecular weight excluding hydrogens is 413 g/mol. The van der Waals surface area contributed by atoms with Crippen molar-refractivity contribution < 1.29 is 4.74 Å². The summed E-state index contributed by atoms with van der Waals surface area (Å²) in [7, 11) is 0. The van der Waals surface area contributed by atoms with Crippen LogP contribution in [0.2, 0.25) is 10.0 Å². The molecule has 0 saturated carbocycles. The van der Waals surface area contributed by atoms with E-state index in [1.165, 1.54) is 11.1 Å². The lowest BCUT2D eigenvalue weighted by Crippen LogP contribution is -2.12. The minimum atomic E-state index is -0.350. The van der Waals surface area contributed by atoms with Crippen molar-refractivity contribution in [2.75, 3.05) is 0 Å². The van der Waals surface area contributed by atoms with Gasteiger partial charge in [0, 0.05) is 23.4 Å². The zero-order valence-electron chi connectivity index (χ0n) is 15.7.